The van der Waals surface area contributed by atoms with Crippen LogP contribution in [0.2, 0.25) is 0 Å². The number of carbonyl (C=O) groups excluding carboxylic acids is 1. The first-order valence-corrected chi connectivity index (χ1v) is 3.33. The fourth-order valence-corrected chi connectivity index (χ4v) is 0.392. The minimum absolute atomic E-state index is 0.0860. The third-order valence-electron chi connectivity index (χ3n) is 0.799. The molecule has 0 fully saturated rings. The molecule has 0 atom stereocenters. The summed E-state index contributed by atoms with van der Waals surface area (Å²) in [5, 5.41) is 0. The van der Waals surface area contributed by atoms with Gasteiger partial charge in [-0.15, -0.1) is 0 Å². The van der Waals surface area contributed by atoms with Gasteiger partial charge in [0.15, 0.2) is 0 Å². The van der Waals surface area contributed by atoms with Gasteiger partial charge in [-0.25, -0.2) is 0 Å². The number of hydrogen-bond acceptors (Lipinski definition) is 4. The van der Waals surface area contributed by atoms with Crippen LogP contribution in [0.1, 0.15) is 20.8 Å². The molecule has 0 aliphatic rings. The Morgan fingerprint density at radius 1 is 1.36 bits per heavy atom. The first-order chi connectivity index (χ1) is 4.95. The molecule has 4 nitrogen and oxygen atoms in total. The molecule has 0 aromatic rings. The summed E-state index contributed by atoms with van der Waals surface area (Å²) >= 11 is 0. The van der Waals surface area contributed by atoms with Crippen LogP contribution < -0.4 is 0 Å². The Labute approximate surface area is 67.0 Å². The molecule has 0 N–H and O–H groups in total. The van der Waals surface area contributed by atoms with Gasteiger partial charge < -0.3 is 9.54 Å². The van der Waals surface area contributed by atoms with Crippen molar-refractivity contribution in [2.45, 2.75) is 26.4 Å². The van der Waals surface area contributed by atoms with E-state index in [-0.39, 0.29) is 13.1 Å². The van der Waals surface area contributed by atoms with Crippen molar-refractivity contribution < 1.29 is 19.2 Å². The fraction of sp³-hybridized carbons (Fsp3) is 0.833. The lowest BCUT2D eigenvalue weighted by Crippen LogP contribution is -2.26. The highest BCUT2D eigenvalue weighted by atomic mass is 17.2. The topological polar surface area (TPSA) is 44.8 Å². The van der Waals surface area contributed by atoms with Gasteiger partial charge in [0.1, 0.15) is 0 Å². The summed E-state index contributed by atoms with van der Waals surface area (Å²) in [4.78, 5) is 18.9. The van der Waals surface area contributed by atoms with E-state index in [9.17, 15) is 4.79 Å². The zero-order valence-corrected chi connectivity index (χ0v) is 7.34. The van der Waals surface area contributed by atoms with Crippen molar-refractivity contribution in [1.82, 2.24) is 0 Å². The number of hydrogen-bond donors (Lipinski definition) is 0. The maximum Gasteiger partial charge on any atom is 0.412 e. The molecule has 0 saturated heterocycles. The van der Waals surface area contributed by atoms with Crippen molar-refractivity contribution in [2.24, 2.45) is 0 Å². The van der Waals surface area contributed by atoms with Crippen LogP contribution in [0.15, 0.2) is 0 Å². The first kappa shape index (κ1) is 10.5. The lowest BCUT2D eigenvalue weighted by atomic mass is 10.00. The highest BCUT2D eigenvalue weighted by molar-refractivity contribution is 6.66. The van der Waals surface area contributed by atoms with E-state index >= 15 is 0 Å². The van der Waals surface area contributed by atoms with Gasteiger partial charge in [0.25, 0.3) is 0 Å². The molecule has 0 aromatic carbocycles. The van der Waals surface area contributed by atoms with Gasteiger partial charge >= 0.3 is 13.4 Å². The molecular formula is C6H13BO4. The fourth-order valence-electron chi connectivity index (χ4n) is 0.392. The minimum Gasteiger partial charge on any atom is -0.423 e. The number of carbonyl (C=O) groups is 1. The van der Waals surface area contributed by atoms with Crippen molar-refractivity contribution in [3.63, 3.8) is 0 Å². The molecule has 5 heteroatoms. The van der Waals surface area contributed by atoms with E-state index in [4.69, 9.17) is 4.65 Å². The highest BCUT2D eigenvalue weighted by Gasteiger charge is 2.15. The molecule has 0 aromatic heterocycles. The summed E-state index contributed by atoms with van der Waals surface area (Å²) in [6, 6.07) is 0. The molecule has 11 heavy (non-hydrogen) atoms. The van der Waals surface area contributed by atoms with Crippen molar-refractivity contribution in [2.75, 3.05) is 7.11 Å². The molecule has 64 valence electrons. The van der Waals surface area contributed by atoms with Crippen molar-refractivity contribution in [3.05, 3.63) is 0 Å². The van der Waals surface area contributed by atoms with Gasteiger partial charge in [0.2, 0.25) is 0 Å². The molecule has 0 unspecified atom stereocenters. The van der Waals surface area contributed by atoms with E-state index in [1.807, 2.05) is 20.8 Å². The third-order valence-corrected chi connectivity index (χ3v) is 0.799. The highest BCUT2D eigenvalue weighted by Crippen LogP contribution is 2.04. The average molecular weight is 160 g/mol. The van der Waals surface area contributed by atoms with E-state index < -0.39 is 5.87 Å². The van der Waals surface area contributed by atoms with Crippen LogP contribution in [0.4, 0.5) is 4.79 Å². The van der Waals surface area contributed by atoms with Crippen LogP contribution in [-0.4, -0.2) is 26.1 Å². The summed E-state index contributed by atoms with van der Waals surface area (Å²) in [5.41, 5.74) is -0.327. The summed E-state index contributed by atoms with van der Waals surface area (Å²) < 4.78 is 5.09. The Balaban J connectivity index is 3.46. The van der Waals surface area contributed by atoms with Gasteiger partial charge in [-0.1, -0.05) is 0 Å². The van der Waals surface area contributed by atoms with Crippen LogP contribution >= 0.6 is 0 Å². The third kappa shape index (κ3) is 7.35. The molecule has 0 aliphatic carbocycles. The van der Waals surface area contributed by atoms with E-state index in [0.717, 1.165) is 0 Å². The lowest BCUT2D eigenvalue weighted by Gasteiger charge is -2.18. The Kier molecular flexibility index (Phi) is 4.14. The predicted octanol–water partition coefficient (Wildman–Crippen LogP) is 0.851. The second-order valence-electron chi connectivity index (χ2n) is 3.02. The summed E-state index contributed by atoms with van der Waals surface area (Å²) in [5.74, 6) is -0.526. The quantitative estimate of drug-likeness (QED) is 0.348. The minimum atomic E-state index is -0.526. The van der Waals surface area contributed by atoms with E-state index in [1.165, 1.54) is 7.11 Å². The molecule has 0 bridgehead atoms. The molecule has 0 saturated carbocycles. The second kappa shape index (κ2) is 4.36. The second-order valence-corrected chi connectivity index (χ2v) is 3.02. The molecule has 0 radical (unpaired) electrons. The Morgan fingerprint density at radius 2 is 1.91 bits per heavy atom. The SMILES string of the molecule is COOC(=O)BOC(C)(C)C. The van der Waals surface area contributed by atoms with Gasteiger partial charge in [-0.05, 0) is 20.8 Å². The van der Waals surface area contributed by atoms with Crippen LogP contribution in [-0.2, 0) is 14.4 Å². The zero-order valence-electron chi connectivity index (χ0n) is 7.34. The van der Waals surface area contributed by atoms with E-state index in [1.54, 1.807) is 0 Å². The molecule has 0 amide bonds. The van der Waals surface area contributed by atoms with Crippen molar-refractivity contribution in [3.8, 4) is 0 Å². The Morgan fingerprint density at radius 3 is 2.27 bits per heavy atom. The van der Waals surface area contributed by atoms with Gasteiger partial charge in [-0.2, -0.15) is 4.89 Å². The maximum atomic E-state index is 10.6. The van der Waals surface area contributed by atoms with E-state index in [0.29, 0.717) is 0 Å². The van der Waals surface area contributed by atoms with Crippen LogP contribution in [0.3, 0.4) is 0 Å². The molecule has 0 heterocycles. The van der Waals surface area contributed by atoms with Gasteiger partial charge in [-0.3, -0.25) is 4.79 Å². The molecule has 0 spiro atoms. The van der Waals surface area contributed by atoms with Crippen molar-refractivity contribution in [1.29, 1.82) is 0 Å². The summed E-state index contributed by atoms with van der Waals surface area (Å²) in [6.07, 6.45) is 0. The molecule has 0 aliphatic heterocycles. The molecular weight excluding hydrogens is 147 g/mol. The average Bonchev–Trinajstić information content (AvgIpc) is 1.83. The van der Waals surface area contributed by atoms with E-state index in [2.05, 4.69) is 9.78 Å². The lowest BCUT2D eigenvalue weighted by molar-refractivity contribution is -0.205. The van der Waals surface area contributed by atoms with Crippen LogP contribution in [0.5, 0.6) is 0 Å². The smallest absolute Gasteiger partial charge is 0.412 e. The van der Waals surface area contributed by atoms with Crippen molar-refractivity contribution >= 4 is 13.4 Å². The maximum absolute atomic E-state index is 10.6. The number of rotatable bonds is 3. The zero-order chi connectivity index (χ0) is 8.91. The Hall–Kier alpha value is -0.545. The first-order valence-electron chi connectivity index (χ1n) is 3.33. The molecule has 0 rings (SSSR count). The van der Waals surface area contributed by atoms with Crippen LogP contribution in [0.25, 0.3) is 0 Å². The summed E-state index contributed by atoms with van der Waals surface area (Å²) in [7, 11) is 1.19. The standard InChI is InChI=1S/C6H13BO4/c1-6(2,3)11-7-5(8)10-9-4/h7H,1-4H3. The summed E-state index contributed by atoms with van der Waals surface area (Å²) in [6.45, 7) is 5.56. The monoisotopic (exact) mass is 160 g/mol. The van der Waals surface area contributed by atoms with Gasteiger partial charge in [0.05, 0.1) is 7.11 Å². The largest absolute Gasteiger partial charge is 0.423 e. The Bertz CT molecular complexity index is 129. The van der Waals surface area contributed by atoms with Crippen LogP contribution in [0, 0.1) is 0 Å². The predicted molar refractivity (Wildman–Crippen MR) is 41.5 cm³/mol. The normalized spacial score (nSPS) is 10.9. The van der Waals surface area contributed by atoms with Gasteiger partial charge in [0, 0.05) is 5.60 Å².